The third-order valence-electron chi connectivity index (χ3n) is 6.95. The first-order chi connectivity index (χ1) is 15.8. The molecule has 0 radical (unpaired) electrons. The van der Waals surface area contributed by atoms with E-state index in [1.54, 1.807) is 18.3 Å². The van der Waals surface area contributed by atoms with Gasteiger partial charge in [-0.15, -0.1) is 11.3 Å². The molecule has 3 aromatic rings. The smallest absolute Gasteiger partial charge is 0.276 e. The number of hydrogen-bond acceptors (Lipinski definition) is 3. The Morgan fingerprint density at radius 1 is 1.18 bits per heavy atom. The van der Waals surface area contributed by atoms with Gasteiger partial charge in [-0.3, -0.25) is 14.5 Å². The molecule has 1 N–H and O–H groups in total. The van der Waals surface area contributed by atoms with E-state index in [4.69, 9.17) is 0 Å². The molecule has 5 nitrogen and oxygen atoms in total. The Hall–Kier alpha value is -2.74. The Morgan fingerprint density at radius 3 is 2.64 bits per heavy atom. The van der Waals surface area contributed by atoms with Crippen LogP contribution >= 0.6 is 11.3 Å². The van der Waals surface area contributed by atoms with E-state index in [2.05, 4.69) is 18.3 Å². The number of hydrogen-bond donors (Lipinski definition) is 1. The summed E-state index contributed by atoms with van der Waals surface area (Å²) in [6, 6.07) is 7.02. The maximum absolute atomic E-state index is 14.9. The second-order valence-corrected chi connectivity index (χ2v) is 10.4. The SMILES string of the molecule is CCc1cc2c(cc3n2CC(C)(C(=O)NC2CCCCC2)N(c2ccc(F)cc2F)C3=O)s1. The molecule has 1 fully saturated rings. The van der Waals surface area contributed by atoms with Gasteiger partial charge in [-0.2, -0.15) is 0 Å². The number of halogens is 2. The molecule has 33 heavy (non-hydrogen) atoms. The zero-order valence-electron chi connectivity index (χ0n) is 18.8. The molecular weight excluding hydrogens is 444 g/mol. The highest BCUT2D eigenvalue weighted by molar-refractivity contribution is 7.19. The van der Waals surface area contributed by atoms with Crippen molar-refractivity contribution in [2.45, 2.75) is 70.5 Å². The monoisotopic (exact) mass is 471 g/mol. The second-order valence-electron chi connectivity index (χ2n) is 9.25. The van der Waals surface area contributed by atoms with E-state index < -0.39 is 23.1 Å². The number of fused-ring (bicyclic) bond motifs is 3. The highest BCUT2D eigenvalue weighted by Crippen LogP contribution is 2.39. The van der Waals surface area contributed by atoms with Crippen molar-refractivity contribution >= 4 is 39.1 Å². The first-order valence-electron chi connectivity index (χ1n) is 11.5. The molecule has 0 spiro atoms. The molecule has 2 aromatic heterocycles. The molecule has 174 valence electrons. The molecule has 5 rings (SSSR count). The Balaban J connectivity index is 1.62. The minimum Gasteiger partial charge on any atom is -0.351 e. The quantitative estimate of drug-likeness (QED) is 0.553. The normalized spacial score (nSPS) is 21.5. The third kappa shape index (κ3) is 3.64. The summed E-state index contributed by atoms with van der Waals surface area (Å²) < 4.78 is 31.4. The second kappa shape index (κ2) is 8.24. The van der Waals surface area contributed by atoms with E-state index in [1.165, 1.54) is 15.8 Å². The number of aromatic nitrogens is 1. The Labute approximate surface area is 195 Å². The van der Waals surface area contributed by atoms with Crippen molar-refractivity contribution in [1.82, 2.24) is 9.88 Å². The molecule has 1 atom stereocenters. The van der Waals surface area contributed by atoms with Crippen LogP contribution in [-0.2, 0) is 17.8 Å². The van der Waals surface area contributed by atoms with Crippen molar-refractivity contribution in [3.05, 3.63) is 52.5 Å². The van der Waals surface area contributed by atoms with Gasteiger partial charge in [-0.1, -0.05) is 26.2 Å². The van der Waals surface area contributed by atoms with E-state index in [9.17, 15) is 18.4 Å². The topological polar surface area (TPSA) is 54.3 Å². The molecule has 0 saturated heterocycles. The van der Waals surface area contributed by atoms with Gasteiger partial charge < -0.3 is 9.88 Å². The number of thiophene rings is 1. The average molecular weight is 472 g/mol. The number of carbonyl (C=O) groups is 2. The summed E-state index contributed by atoms with van der Waals surface area (Å²) in [6.45, 7) is 3.94. The average Bonchev–Trinajstić information content (AvgIpc) is 3.34. The van der Waals surface area contributed by atoms with Crippen molar-refractivity contribution < 1.29 is 18.4 Å². The number of nitrogens with one attached hydrogen (secondary N) is 1. The first kappa shape index (κ1) is 22.1. The molecule has 0 bridgehead atoms. The summed E-state index contributed by atoms with van der Waals surface area (Å²) in [5, 5.41) is 3.13. The van der Waals surface area contributed by atoms with Crippen LogP contribution < -0.4 is 10.2 Å². The number of nitrogens with zero attached hydrogens (tertiary/aromatic N) is 2. The van der Waals surface area contributed by atoms with Crippen LogP contribution in [0.2, 0.25) is 0 Å². The van der Waals surface area contributed by atoms with Gasteiger partial charge in [0.1, 0.15) is 22.9 Å². The number of carbonyl (C=O) groups excluding carboxylic acids is 2. The largest absolute Gasteiger partial charge is 0.351 e. The molecule has 8 heteroatoms. The van der Waals surface area contributed by atoms with Gasteiger partial charge in [0.05, 0.1) is 22.4 Å². The zero-order chi connectivity index (χ0) is 23.3. The number of amides is 2. The summed E-state index contributed by atoms with van der Waals surface area (Å²) >= 11 is 1.62. The van der Waals surface area contributed by atoms with Crippen LogP contribution in [0.15, 0.2) is 30.3 Å². The van der Waals surface area contributed by atoms with E-state index in [1.807, 2.05) is 10.6 Å². The molecule has 1 aromatic carbocycles. The van der Waals surface area contributed by atoms with Crippen LogP contribution in [0.1, 0.15) is 61.3 Å². The van der Waals surface area contributed by atoms with Crippen LogP contribution in [0.3, 0.4) is 0 Å². The maximum atomic E-state index is 14.9. The molecular formula is C25H27F2N3O2S. The maximum Gasteiger partial charge on any atom is 0.276 e. The highest BCUT2D eigenvalue weighted by atomic mass is 32.1. The highest BCUT2D eigenvalue weighted by Gasteiger charge is 2.50. The molecule has 1 unspecified atom stereocenters. The van der Waals surface area contributed by atoms with Gasteiger partial charge in [-0.05, 0) is 50.5 Å². The Kier molecular flexibility index (Phi) is 5.51. The Morgan fingerprint density at radius 2 is 1.94 bits per heavy atom. The van der Waals surface area contributed by atoms with Crippen LogP contribution in [0.5, 0.6) is 0 Å². The fraction of sp³-hybridized carbons (Fsp3) is 0.440. The minimum atomic E-state index is -1.37. The minimum absolute atomic E-state index is 0.0389. The molecule has 2 amide bonds. The van der Waals surface area contributed by atoms with Crippen LogP contribution in [-0.4, -0.2) is 28.0 Å². The zero-order valence-corrected chi connectivity index (χ0v) is 19.6. The predicted molar refractivity (Wildman–Crippen MR) is 126 cm³/mol. The molecule has 1 aliphatic heterocycles. The van der Waals surface area contributed by atoms with Gasteiger partial charge in [-0.25, -0.2) is 8.78 Å². The lowest BCUT2D eigenvalue weighted by atomic mass is 9.91. The Bertz CT molecular complexity index is 1240. The summed E-state index contributed by atoms with van der Waals surface area (Å²) in [4.78, 5) is 29.9. The van der Waals surface area contributed by atoms with Gasteiger partial charge in [0.15, 0.2) is 0 Å². The van der Waals surface area contributed by atoms with Crippen LogP contribution in [0.4, 0.5) is 14.5 Å². The van der Waals surface area contributed by atoms with Crippen LogP contribution in [0.25, 0.3) is 10.2 Å². The van der Waals surface area contributed by atoms with E-state index in [0.29, 0.717) is 5.69 Å². The van der Waals surface area contributed by atoms with Gasteiger partial charge in [0.2, 0.25) is 5.91 Å². The number of aryl methyl sites for hydroxylation is 1. The molecule has 3 heterocycles. The third-order valence-corrected chi connectivity index (χ3v) is 8.17. The van der Waals surface area contributed by atoms with Gasteiger partial charge in [0.25, 0.3) is 5.91 Å². The van der Waals surface area contributed by atoms with Gasteiger partial charge >= 0.3 is 0 Å². The van der Waals surface area contributed by atoms with Crippen molar-refractivity contribution in [3.8, 4) is 0 Å². The lowest BCUT2D eigenvalue weighted by Crippen LogP contribution is -2.65. The fourth-order valence-electron chi connectivity index (χ4n) is 5.13. The van der Waals surface area contributed by atoms with E-state index >= 15 is 0 Å². The van der Waals surface area contributed by atoms with Crippen LogP contribution in [0, 0.1) is 11.6 Å². The van der Waals surface area contributed by atoms with Crippen molar-refractivity contribution in [2.75, 3.05) is 4.90 Å². The summed E-state index contributed by atoms with van der Waals surface area (Å²) in [6.07, 6.45) is 5.92. The first-order valence-corrected chi connectivity index (χ1v) is 12.4. The summed E-state index contributed by atoms with van der Waals surface area (Å²) in [7, 11) is 0. The molecule has 1 aliphatic carbocycles. The van der Waals surface area contributed by atoms with Gasteiger partial charge in [0, 0.05) is 17.0 Å². The van der Waals surface area contributed by atoms with E-state index in [0.717, 1.165) is 60.9 Å². The molecule has 2 aliphatic rings. The van der Waals surface area contributed by atoms with E-state index in [-0.39, 0.29) is 24.2 Å². The van der Waals surface area contributed by atoms with Crippen molar-refractivity contribution in [3.63, 3.8) is 0 Å². The summed E-state index contributed by atoms with van der Waals surface area (Å²) in [5.41, 5.74) is -0.144. The predicted octanol–water partition coefficient (Wildman–Crippen LogP) is 5.41. The lowest BCUT2D eigenvalue weighted by molar-refractivity contribution is -0.127. The number of benzene rings is 1. The van der Waals surface area contributed by atoms with Crippen molar-refractivity contribution in [1.29, 1.82) is 0 Å². The lowest BCUT2D eigenvalue weighted by Gasteiger charge is -2.44. The van der Waals surface area contributed by atoms with Crippen molar-refractivity contribution in [2.24, 2.45) is 0 Å². The number of anilines is 1. The summed E-state index contributed by atoms with van der Waals surface area (Å²) in [5.74, 6) is -2.38. The standard InChI is InChI=1S/C25H27F2N3O2S/c1-3-17-12-20-22(33-17)13-21-23(31)30(19-10-9-15(26)11-18(19)27)25(2,14-29(20)21)24(32)28-16-7-5-4-6-8-16/h9-13,16H,3-8,14H2,1-2H3,(H,28,32). The number of rotatable bonds is 4. The fourth-order valence-corrected chi connectivity index (χ4v) is 6.17. The molecule has 1 saturated carbocycles.